The Kier molecular flexibility index (Phi) is 5.38. The first-order chi connectivity index (χ1) is 11.7. The minimum absolute atomic E-state index is 0.223. The van der Waals surface area contributed by atoms with Crippen molar-refractivity contribution in [2.24, 2.45) is 0 Å². The zero-order valence-corrected chi connectivity index (χ0v) is 14.4. The highest BCUT2D eigenvalue weighted by atomic mass is 16.5. The maximum atomic E-state index is 9.94. The van der Waals surface area contributed by atoms with E-state index >= 15 is 0 Å². The van der Waals surface area contributed by atoms with Crippen LogP contribution in [0.2, 0.25) is 0 Å². The van der Waals surface area contributed by atoms with Crippen LogP contribution in [0.3, 0.4) is 0 Å². The molecule has 1 N–H and O–H groups in total. The van der Waals surface area contributed by atoms with Crippen molar-refractivity contribution in [2.75, 3.05) is 27.3 Å². The van der Waals surface area contributed by atoms with Crippen LogP contribution < -0.4 is 9.47 Å². The van der Waals surface area contributed by atoms with Gasteiger partial charge in [0.25, 0.3) is 0 Å². The van der Waals surface area contributed by atoms with Crippen LogP contribution in [0.5, 0.6) is 11.5 Å². The molecular formula is C20H25NO3. The van der Waals surface area contributed by atoms with Gasteiger partial charge in [-0.1, -0.05) is 30.3 Å². The van der Waals surface area contributed by atoms with E-state index in [1.807, 2.05) is 24.3 Å². The number of rotatable bonds is 5. The van der Waals surface area contributed by atoms with Crippen LogP contribution in [0.1, 0.15) is 18.4 Å². The molecule has 1 aliphatic rings. The molecule has 0 aliphatic carbocycles. The SMILES string of the molecule is COc1cc(CN2CCCC(O)C2)c(-c2ccccc2)cc1OC. The van der Waals surface area contributed by atoms with Gasteiger partial charge in [-0.2, -0.15) is 0 Å². The number of nitrogens with zero attached hydrogens (tertiary/aromatic N) is 1. The third kappa shape index (κ3) is 3.71. The Balaban J connectivity index is 1.98. The molecule has 4 nitrogen and oxygen atoms in total. The van der Waals surface area contributed by atoms with E-state index in [1.165, 1.54) is 5.56 Å². The van der Waals surface area contributed by atoms with Crippen molar-refractivity contribution in [3.05, 3.63) is 48.0 Å². The number of methoxy groups -OCH3 is 2. The smallest absolute Gasteiger partial charge is 0.161 e. The first kappa shape index (κ1) is 16.8. The molecule has 128 valence electrons. The van der Waals surface area contributed by atoms with Gasteiger partial charge in [0, 0.05) is 13.1 Å². The highest BCUT2D eigenvalue weighted by Crippen LogP contribution is 2.36. The van der Waals surface area contributed by atoms with Crippen molar-refractivity contribution < 1.29 is 14.6 Å². The minimum Gasteiger partial charge on any atom is -0.493 e. The van der Waals surface area contributed by atoms with Crippen molar-refractivity contribution in [3.8, 4) is 22.6 Å². The molecule has 1 atom stereocenters. The molecule has 0 saturated carbocycles. The maximum Gasteiger partial charge on any atom is 0.161 e. The Morgan fingerprint density at radius 3 is 2.46 bits per heavy atom. The molecule has 1 saturated heterocycles. The topological polar surface area (TPSA) is 41.9 Å². The fourth-order valence-electron chi connectivity index (χ4n) is 3.35. The molecule has 1 heterocycles. The number of hydrogen-bond donors (Lipinski definition) is 1. The molecule has 3 rings (SSSR count). The molecule has 0 amide bonds. The number of likely N-dealkylation sites (tertiary alicyclic amines) is 1. The lowest BCUT2D eigenvalue weighted by molar-refractivity contribution is 0.0669. The van der Waals surface area contributed by atoms with Crippen LogP contribution in [-0.4, -0.2) is 43.4 Å². The normalized spacial score (nSPS) is 18.4. The van der Waals surface area contributed by atoms with E-state index in [1.54, 1.807) is 14.2 Å². The zero-order chi connectivity index (χ0) is 16.9. The number of ether oxygens (including phenoxy) is 2. The molecule has 24 heavy (non-hydrogen) atoms. The van der Waals surface area contributed by atoms with Crippen LogP contribution in [0.15, 0.2) is 42.5 Å². The summed E-state index contributed by atoms with van der Waals surface area (Å²) in [6, 6.07) is 14.4. The largest absolute Gasteiger partial charge is 0.493 e. The van der Waals surface area contributed by atoms with E-state index in [9.17, 15) is 5.11 Å². The van der Waals surface area contributed by atoms with Crippen molar-refractivity contribution in [1.29, 1.82) is 0 Å². The first-order valence-electron chi connectivity index (χ1n) is 8.42. The Hall–Kier alpha value is -2.04. The van der Waals surface area contributed by atoms with E-state index in [0.717, 1.165) is 55.1 Å². The van der Waals surface area contributed by atoms with Crippen LogP contribution in [0, 0.1) is 0 Å². The van der Waals surface area contributed by atoms with Crippen LogP contribution in [0.4, 0.5) is 0 Å². The Labute approximate surface area is 143 Å². The number of hydrogen-bond acceptors (Lipinski definition) is 4. The lowest BCUT2D eigenvalue weighted by Gasteiger charge is -2.30. The summed E-state index contributed by atoms with van der Waals surface area (Å²) < 4.78 is 11.0. The van der Waals surface area contributed by atoms with Crippen molar-refractivity contribution in [3.63, 3.8) is 0 Å². The summed E-state index contributed by atoms with van der Waals surface area (Å²) in [5.41, 5.74) is 3.49. The fourth-order valence-corrected chi connectivity index (χ4v) is 3.35. The Bertz CT molecular complexity index is 672. The van der Waals surface area contributed by atoms with Gasteiger partial charge in [0.15, 0.2) is 11.5 Å². The molecular weight excluding hydrogens is 302 g/mol. The fraction of sp³-hybridized carbons (Fsp3) is 0.400. The molecule has 0 bridgehead atoms. The number of piperidine rings is 1. The van der Waals surface area contributed by atoms with E-state index in [4.69, 9.17) is 9.47 Å². The monoisotopic (exact) mass is 327 g/mol. The van der Waals surface area contributed by atoms with Gasteiger partial charge in [-0.05, 0) is 48.2 Å². The molecule has 0 aromatic heterocycles. The average Bonchev–Trinajstić information content (AvgIpc) is 2.62. The zero-order valence-electron chi connectivity index (χ0n) is 14.4. The predicted octanol–water partition coefficient (Wildman–Crippen LogP) is 3.33. The van der Waals surface area contributed by atoms with Gasteiger partial charge in [0.1, 0.15) is 0 Å². The third-order valence-corrected chi connectivity index (χ3v) is 4.57. The number of benzene rings is 2. The van der Waals surface area contributed by atoms with Crippen molar-refractivity contribution in [2.45, 2.75) is 25.5 Å². The minimum atomic E-state index is -0.223. The third-order valence-electron chi connectivity index (χ3n) is 4.57. The summed E-state index contributed by atoms with van der Waals surface area (Å²) in [5.74, 6) is 1.48. The van der Waals surface area contributed by atoms with Gasteiger partial charge < -0.3 is 14.6 Å². The maximum absolute atomic E-state index is 9.94. The predicted molar refractivity (Wildman–Crippen MR) is 95.5 cm³/mol. The first-order valence-corrected chi connectivity index (χ1v) is 8.42. The second-order valence-electron chi connectivity index (χ2n) is 6.26. The van der Waals surface area contributed by atoms with Crippen LogP contribution in [-0.2, 0) is 6.54 Å². The molecule has 1 unspecified atom stereocenters. The van der Waals surface area contributed by atoms with E-state index in [2.05, 4.69) is 23.1 Å². The molecule has 2 aromatic carbocycles. The standard InChI is InChI=1S/C20H25NO3/c1-23-19-11-16(13-21-10-6-9-17(22)14-21)18(12-20(19)24-2)15-7-4-3-5-8-15/h3-5,7-8,11-12,17,22H,6,9-10,13-14H2,1-2H3. The highest BCUT2D eigenvalue weighted by Gasteiger charge is 2.20. The van der Waals surface area contributed by atoms with E-state index in [0.29, 0.717) is 0 Å². The van der Waals surface area contributed by atoms with E-state index < -0.39 is 0 Å². The van der Waals surface area contributed by atoms with Crippen LogP contribution >= 0.6 is 0 Å². The van der Waals surface area contributed by atoms with E-state index in [-0.39, 0.29) is 6.10 Å². The van der Waals surface area contributed by atoms with Gasteiger partial charge in [-0.3, -0.25) is 4.90 Å². The molecule has 0 spiro atoms. The van der Waals surface area contributed by atoms with Crippen molar-refractivity contribution >= 4 is 0 Å². The lowest BCUT2D eigenvalue weighted by Crippen LogP contribution is -2.37. The van der Waals surface area contributed by atoms with Crippen molar-refractivity contribution in [1.82, 2.24) is 4.90 Å². The molecule has 2 aromatic rings. The summed E-state index contributed by atoms with van der Waals surface area (Å²) in [7, 11) is 3.32. The van der Waals surface area contributed by atoms with Crippen LogP contribution in [0.25, 0.3) is 11.1 Å². The van der Waals surface area contributed by atoms with Gasteiger partial charge in [0.05, 0.1) is 20.3 Å². The number of aliphatic hydroxyl groups excluding tert-OH is 1. The summed E-state index contributed by atoms with van der Waals surface area (Å²) in [6.07, 6.45) is 1.71. The molecule has 1 aliphatic heterocycles. The number of aliphatic hydroxyl groups is 1. The van der Waals surface area contributed by atoms with Gasteiger partial charge in [-0.25, -0.2) is 0 Å². The molecule has 0 radical (unpaired) electrons. The Morgan fingerprint density at radius 1 is 1.08 bits per heavy atom. The lowest BCUT2D eigenvalue weighted by atomic mass is 9.97. The summed E-state index contributed by atoms with van der Waals surface area (Å²) in [5, 5.41) is 9.94. The summed E-state index contributed by atoms with van der Waals surface area (Å²) >= 11 is 0. The highest BCUT2D eigenvalue weighted by molar-refractivity contribution is 5.71. The summed E-state index contributed by atoms with van der Waals surface area (Å²) in [6.45, 7) is 2.53. The molecule has 4 heteroatoms. The Morgan fingerprint density at radius 2 is 1.79 bits per heavy atom. The van der Waals surface area contributed by atoms with Gasteiger partial charge in [-0.15, -0.1) is 0 Å². The quantitative estimate of drug-likeness (QED) is 0.915. The summed E-state index contributed by atoms with van der Waals surface area (Å²) in [4.78, 5) is 2.31. The second-order valence-corrected chi connectivity index (χ2v) is 6.26. The number of β-amino-alcohol motifs (C(OH)–C–C–N with tert-alkyl or cyclic N) is 1. The molecule has 1 fully saturated rings. The second kappa shape index (κ2) is 7.69. The average molecular weight is 327 g/mol. The van der Waals surface area contributed by atoms with Gasteiger partial charge >= 0.3 is 0 Å². The van der Waals surface area contributed by atoms with Gasteiger partial charge in [0.2, 0.25) is 0 Å².